The number of nitrogens with zero attached hydrogens (tertiary/aromatic N) is 1. The fraction of sp³-hybridized carbons (Fsp3) is 0.0667. The van der Waals surface area contributed by atoms with E-state index in [9.17, 15) is 0 Å². The molecule has 8 aromatic carbocycles. The molecule has 1 heteroatoms. The molecule has 10 rings (SSSR count). The summed E-state index contributed by atoms with van der Waals surface area (Å²) < 4.78 is 2.38. The summed E-state index contributed by atoms with van der Waals surface area (Å²) in [5, 5.41) is 10.5. The second-order valence-electron chi connectivity index (χ2n) is 13.3. The Morgan fingerprint density at radius 1 is 0.370 bits per heavy atom. The van der Waals surface area contributed by atoms with Crippen molar-refractivity contribution in [1.29, 1.82) is 0 Å². The van der Waals surface area contributed by atoms with Gasteiger partial charge in [0.2, 0.25) is 0 Å². The van der Waals surface area contributed by atoms with Gasteiger partial charge in [0, 0.05) is 21.9 Å². The number of aromatic nitrogens is 1. The van der Waals surface area contributed by atoms with Crippen LogP contribution in [0.5, 0.6) is 0 Å². The van der Waals surface area contributed by atoms with Gasteiger partial charge >= 0.3 is 0 Å². The molecule has 0 aliphatic heterocycles. The van der Waals surface area contributed by atoms with Gasteiger partial charge in [0.05, 0.1) is 11.0 Å². The van der Waals surface area contributed by atoms with Gasteiger partial charge in [-0.1, -0.05) is 117 Å². The first-order chi connectivity index (χ1) is 22.6. The summed E-state index contributed by atoms with van der Waals surface area (Å²) in [5.41, 5.74) is 11.6. The van der Waals surface area contributed by atoms with Gasteiger partial charge in [-0.05, 0) is 114 Å². The smallest absolute Gasteiger partial charge is 0.0541 e. The Labute approximate surface area is 268 Å². The van der Waals surface area contributed by atoms with Crippen LogP contribution in [0.2, 0.25) is 0 Å². The molecule has 0 saturated carbocycles. The second kappa shape index (κ2) is 9.19. The highest BCUT2D eigenvalue weighted by atomic mass is 15.0. The molecule has 1 aromatic heterocycles. The van der Waals surface area contributed by atoms with Crippen LogP contribution >= 0.6 is 0 Å². The first-order valence-corrected chi connectivity index (χ1v) is 16.2. The number of fused-ring (bicyclic) bond motifs is 12. The maximum atomic E-state index is 2.49. The van der Waals surface area contributed by atoms with Crippen molar-refractivity contribution in [3.8, 4) is 27.9 Å². The Morgan fingerprint density at radius 3 is 1.61 bits per heavy atom. The number of benzene rings is 8. The van der Waals surface area contributed by atoms with Crippen molar-refractivity contribution in [3.05, 3.63) is 163 Å². The summed E-state index contributed by atoms with van der Waals surface area (Å²) in [6, 6.07) is 56.3. The zero-order chi connectivity index (χ0) is 30.6. The molecule has 0 spiro atoms. The normalized spacial score (nSPS) is 13.6. The molecular weight excluding hydrogens is 555 g/mol. The third-order valence-electron chi connectivity index (χ3n) is 10.6. The van der Waals surface area contributed by atoms with E-state index < -0.39 is 0 Å². The van der Waals surface area contributed by atoms with Crippen molar-refractivity contribution in [3.63, 3.8) is 0 Å². The summed E-state index contributed by atoms with van der Waals surface area (Å²) in [4.78, 5) is 0. The molecule has 0 bridgehead atoms. The molecule has 0 saturated heterocycles. The molecule has 216 valence electrons. The van der Waals surface area contributed by atoms with E-state index in [1.165, 1.54) is 93.2 Å². The van der Waals surface area contributed by atoms with Gasteiger partial charge in [-0.3, -0.25) is 0 Å². The quantitative estimate of drug-likeness (QED) is 0.178. The summed E-state index contributed by atoms with van der Waals surface area (Å²) in [7, 11) is 0. The lowest BCUT2D eigenvalue weighted by molar-refractivity contribution is 0.661. The molecule has 1 aliphatic carbocycles. The lowest BCUT2D eigenvalue weighted by Crippen LogP contribution is -2.14. The van der Waals surface area contributed by atoms with E-state index in [1.54, 1.807) is 0 Å². The molecular formula is C45H31N. The van der Waals surface area contributed by atoms with Gasteiger partial charge < -0.3 is 4.57 Å². The van der Waals surface area contributed by atoms with Crippen molar-refractivity contribution >= 4 is 54.1 Å². The largest absolute Gasteiger partial charge is 0.309 e. The fourth-order valence-corrected chi connectivity index (χ4v) is 8.34. The number of para-hydroxylation sites is 2. The first kappa shape index (κ1) is 25.6. The minimum atomic E-state index is -0.0861. The SMILES string of the molecule is CC1(C)c2ccc(-c3ccc4c(c3)c3ccccc3n4-c3ccccc3)cc2-c2cc3c4ccccc4c4ccccc4c3cc21. The van der Waals surface area contributed by atoms with E-state index in [-0.39, 0.29) is 5.41 Å². The molecule has 0 unspecified atom stereocenters. The zero-order valence-electron chi connectivity index (χ0n) is 25.9. The van der Waals surface area contributed by atoms with Gasteiger partial charge in [-0.25, -0.2) is 0 Å². The van der Waals surface area contributed by atoms with Gasteiger partial charge in [-0.2, -0.15) is 0 Å². The van der Waals surface area contributed by atoms with Crippen molar-refractivity contribution in [1.82, 2.24) is 4.57 Å². The van der Waals surface area contributed by atoms with Crippen molar-refractivity contribution < 1.29 is 0 Å². The maximum absolute atomic E-state index is 2.49. The molecule has 1 heterocycles. The average molecular weight is 586 g/mol. The number of rotatable bonds is 2. The number of hydrogen-bond donors (Lipinski definition) is 0. The Kier molecular flexibility index (Phi) is 5.12. The third-order valence-corrected chi connectivity index (χ3v) is 10.6. The number of hydrogen-bond acceptors (Lipinski definition) is 0. The maximum Gasteiger partial charge on any atom is 0.0541 e. The van der Waals surface area contributed by atoms with Crippen LogP contribution in [0.3, 0.4) is 0 Å². The van der Waals surface area contributed by atoms with Crippen LogP contribution in [-0.4, -0.2) is 4.57 Å². The average Bonchev–Trinajstić information content (AvgIpc) is 3.55. The topological polar surface area (TPSA) is 4.93 Å². The van der Waals surface area contributed by atoms with Crippen LogP contribution in [0.15, 0.2) is 152 Å². The van der Waals surface area contributed by atoms with Crippen LogP contribution in [0.4, 0.5) is 0 Å². The third kappa shape index (κ3) is 3.40. The second-order valence-corrected chi connectivity index (χ2v) is 13.3. The Hall–Kier alpha value is -5.66. The minimum Gasteiger partial charge on any atom is -0.309 e. The Morgan fingerprint density at radius 2 is 0.891 bits per heavy atom. The van der Waals surface area contributed by atoms with Gasteiger partial charge in [0.25, 0.3) is 0 Å². The monoisotopic (exact) mass is 585 g/mol. The van der Waals surface area contributed by atoms with Crippen molar-refractivity contribution in [2.45, 2.75) is 19.3 Å². The van der Waals surface area contributed by atoms with E-state index in [2.05, 4.69) is 170 Å². The minimum absolute atomic E-state index is 0.0861. The van der Waals surface area contributed by atoms with E-state index in [1.807, 2.05) is 0 Å². The highest BCUT2D eigenvalue weighted by molar-refractivity contribution is 6.26. The first-order valence-electron chi connectivity index (χ1n) is 16.2. The molecule has 9 aromatic rings. The van der Waals surface area contributed by atoms with Crippen molar-refractivity contribution in [2.75, 3.05) is 0 Å². The lowest BCUT2D eigenvalue weighted by atomic mass is 9.81. The summed E-state index contributed by atoms with van der Waals surface area (Å²) in [6.07, 6.45) is 0. The van der Waals surface area contributed by atoms with E-state index in [4.69, 9.17) is 0 Å². The standard InChI is InChI=1S/C45H31N/c1-45(2)41-22-20-28(29-21-23-44-40(25-29)35-18-10-11-19-43(35)46(44)30-12-4-3-5-13-30)24-38(41)39-26-36-33-16-8-6-14-31(33)32-15-7-9-17-34(32)37(36)27-42(39)45/h3-27H,1-2H3. The summed E-state index contributed by atoms with van der Waals surface area (Å²) in [5.74, 6) is 0. The van der Waals surface area contributed by atoms with Gasteiger partial charge in [-0.15, -0.1) is 0 Å². The van der Waals surface area contributed by atoms with Crippen LogP contribution in [0.25, 0.3) is 82.1 Å². The highest BCUT2D eigenvalue weighted by Crippen LogP contribution is 2.52. The molecule has 0 N–H and O–H groups in total. The molecule has 1 aliphatic rings. The summed E-state index contributed by atoms with van der Waals surface area (Å²) >= 11 is 0. The van der Waals surface area contributed by atoms with Crippen LogP contribution in [0.1, 0.15) is 25.0 Å². The predicted octanol–water partition coefficient (Wildman–Crippen LogP) is 12.2. The molecule has 46 heavy (non-hydrogen) atoms. The fourth-order valence-electron chi connectivity index (χ4n) is 8.34. The summed E-state index contributed by atoms with van der Waals surface area (Å²) in [6.45, 7) is 4.77. The van der Waals surface area contributed by atoms with Crippen LogP contribution < -0.4 is 0 Å². The van der Waals surface area contributed by atoms with E-state index >= 15 is 0 Å². The molecule has 0 fully saturated rings. The van der Waals surface area contributed by atoms with Crippen LogP contribution in [-0.2, 0) is 5.41 Å². The van der Waals surface area contributed by atoms with Crippen molar-refractivity contribution in [2.24, 2.45) is 0 Å². The lowest BCUT2D eigenvalue weighted by Gasteiger charge is -2.22. The van der Waals surface area contributed by atoms with Crippen LogP contribution in [0, 0.1) is 0 Å². The Bertz CT molecular complexity index is 2710. The van der Waals surface area contributed by atoms with Gasteiger partial charge in [0.1, 0.15) is 0 Å². The van der Waals surface area contributed by atoms with E-state index in [0.717, 1.165) is 0 Å². The molecule has 0 amide bonds. The zero-order valence-corrected chi connectivity index (χ0v) is 25.9. The molecule has 0 atom stereocenters. The highest BCUT2D eigenvalue weighted by Gasteiger charge is 2.36. The molecule has 1 nitrogen and oxygen atoms in total. The molecule has 0 radical (unpaired) electrons. The van der Waals surface area contributed by atoms with Gasteiger partial charge in [0.15, 0.2) is 0 Å². The van der Waals surface area contributed by atoms with E-state index in [0.29, 0.717) is 0 Å². The predicted molar refractivity (Wildman–Crippen MR) is 196 cm³/mol. The Balaban J connectivity index is 1.20.